The molecule has 0 aliphatic heterocycles. The third kappa shape index (κ3) is 2.94. The summed E-state index contributed by atoms with van der Waals surface area (Å²) >= 11 is 0. The molecule has 0 radical (unpaired) electrons. The number of hydrogen-bond acceptors (Lipinski definition) is 1. The molecule has 0 saturated heterocycles. The number of carbonyl (C=O) groups is 1. The Kier molecular flexibility index (Phi) is 3.24. The third-order valence-corrected chi connectivity index (χ3v) is 2.69. The quantitative estimate of drug-likeness (QED) is 0.857. The summed E-state index contributed by atoms with van der Waals surface area (Å²) in [6.07, 6.45) is 0.291. The molecule has 0 atom stereocenters. The van der Waals surface area contributed by atoms with E-state index in [0.29, 0.717) is 6.42 Å². The fourth-order valence-corrected chi connectivity index (χ4v) is 1.81. The van der Waals surface area contributed by atoms with Gasteiger partial charge in [0.05, 0.1) is 6.42 Å². The maximum absolute atomic E-state index is 10.9. The number of amides is 1. The summed E-state index contributed by atoms with van der Waals surface area (Å²) in [4.78, 5) is 10.9. The van der Waals surface area contributed by atoms with Crippen molar-refractivity contribution in [2.75, 3.05) is 0 Å². The first-order valence-corrected chi connectivity index (χ1v) is 5.59. The first-order valence-electron chi connectivity index (χ1n) is 5.59. The van der Waals surface area contributed by atoms with Crippen molar-refractivity contribution in [2.24, 2.45) is 5.73 Å². The van der Waals surface area contributed by atoms with Gasteiger partial charge in [-0.15, -0.1) is 0 Å². The highest BCUT2D eigenvalue weighted by molar-refractivity contribution is 5.77. The number of hydrogen-bond donors (Lipinski definition) is 1. The molecule has 0 spiro atoms. The Labute approximate surface area is 101 Å². The van der Waals surface area contributed by atoms with Crippen molar-refractivity contribution in [3.63, 3.8) is 0 Å². The van der Waals surface area contributed by atoms with E-state index in [1.807, 2.05) is 24.3 Å². The summed E-state index contributed by atoms with van der Waals surface area (Å²) in [5.74, 6) is -0.300. The SMILES string of the molecule is Cc1ccc(-c2cccc(CC(N)=O)c2)cc1. The van der Waals surface area contributed by atoms with Crippen LogP contribution in [-0.4, -0.2) is 5.91 Å². The van der Waals surface area contributed by atoms with Crippen LogP contribution < -0.4 is 5.73 Å². The summed E-state index contributed by atoms with van der Waals surface area (Å²) in [7, 11) is 0. The standard InChI is InChI=1S/C15H15NO/c1-11-5-7-13(8-6-11)14-4-2-3-12(9-14)10-15(16)17/h2-9H,10H2,1H3,(H2,16,17). The molecule has 0 aliphatic rings. The van der Waals surface area contributed by atoms with Gasteiger partial charge in [-0.25, -0.2) is 0 Å². The van der Waals surface area contributed by atoms with Gasteiger partial charge in [0.2, 0.25) is 5.91 Å². The van der Waals surface area contributed by atoms with Crippen LogP contribution in [0.3, 0.4) is 0 Å². The third-order valence-electron chi connectivity index (χ3n) is 2.69. The molecule has 86 valence electrons. The molecule has 0 aliphatic carbocycles. The molecule has 0 aromatic heterocycles. The lowest BCUT2D eigenvalue weighted by Crippen LogP contribution is -2.13. The van der Waals surface area contributed by atoms with E-state index in [4.69, 9.17) is 5.73 Å². The molecular weight excluding hydrogens is 210 g/mol. The Morgan fingerprint density at radius 2 is 1.76 bits per heavy atom. The van der Waals surface area contributed by atoms with E-state index in [-0.39, 0.29) is 5.91 Å². The van der Waals surface area contributed by atoms with Gasteiger partial charge in [0.1, 0.15) is 0 Å². The van der Waals surface area contributed by atoms with Crippen molar-refractivity contribution >= 4 is 5.91 Å². The minimum Gasteiger partial charge on any atom is -0.369 e. The second-order valence-corrected chi connectivity index (χ2v) is 4.21. The van der Waals surface area contributed by atoms with Crippen molar-refractivity contribution in [1.29, 1.82) is 0 Å². The molecule has 2 rings (SSSR count). The normalized spacial score (nSPS) is 10.2. The monoisotopic (exact) mass is 225 g/mol. The smallest absolute Gasteiger partial charge is 0.221 e. The Bertz CT molecular complexity index is 529. The Morgan fingerprint density at radius 1 is 1.06 bits per heavy atom. The largest absolute Gasteiger partial charge is 0.369 e. The summed E-state index contributed by atoms with van der Waals surface area (Å²) in [5, 5.41) is 0. The lowest BCUT2D eigenvalue weighted by molar-refractivity contribution is -0.117. The first-order chi connectivity index (χ1) is 8.15. The summed E-state index contributed by atoms with van der Waals surface area (Å²) in [6, 6.07) is 16.2. The van der Waals surface area contributed by atoms with Gasteiger partial charge in [0.15, 0.2) is 0 Å². The van der Waals surface area contributed by atoms with Crippen molar-refractivity contribution in [3.8, 4) is 11.1 Å². The van der Waals surface area contributed by atoms with E-state index in [9.17, 15) is 4.79 Å². The molecule has 0 unspecified atom stereocenters. The summed E-state index contributed by atoms with van der Waals surface area (Å²) in [5.41, 5.74) is 9.66. The van der Waals surface area contributed by atoms with Gasteiger partial charge in [-0.2, -0.15) is 0 Å². The van der Waals surface area contributed by atoms with Gasteiger partial charge in [0, 0.05) is 0 Å². The number of benzene rings is 2. The molecule has 2 nitrogen and oxygen atoms in total. The molecule has 2 heteroatoms. The highest BCUT2D eigenvalue weighted by atomic mass is 16.1. The molecule has 0 heterocycles. The van der Waals surface area contributed by atoms with Crippen molar-refractivity contribution in [2.45, 2.75) is 13.3 Å². The maximum Gasteiger partial charge on any atom is 0.221 e. The van der Waals surface area contributed by atoms with Crippen LogP contribution in [0.4, 0.5) is 0 Å². The van der Waals surface area contributed by atoms with Crippen LogP contribution in [-0.2, 0) is 11.2 Å². The molecule has 0 bridgehead atoms. The molecule has 2 aromatic carbocycles. The average molecular weight is 225 g/mol. The van der Waals surface area contributed by atoms with Gasteiger partial charge >= 0.3 is 0 Å². The molecule has 0 fully saturated rings. The van der Waals surface area contributed by atoms with E-state index in [1.165, 1.54) is 5.56 Å². The number of carbonyl (C=O) groups excluding carboxylic acids is 1. The van der Waals surface area contributed by atoms with Crippen molar-refractivity contribution < 1.29 is 4.79 Å². The van der Waals surface area contributed by atoms with Crippen LogP contribution in [0.5, 0.6) is 0 Å². The van der Waals surface area contributed by atoms with Crippen LogP contribution in [0.15, 0.2) is 48.5 Å². The van der Waals surface area contributed by atoms with E-state index >= 15 is 0 Å². The molecule has 2 aromatic rings. The van der Waals surface area contributed by atoms with E-state index in [2.05, 4.69) is 31.2 Å². The fraction of sp³-hybridized carbons (Fsp3) is 0.133. The van der Waals surface area contributed by atoms with E-state index in [1.54, 1.807) is 0 Å². The number of primary amides is 1. The van der Waals surface area contributed by atoms with Gasteiger partial charge in [-0.05, 0) is 23.6 Å². The fourth-order valence-electron chi connectivity index (χ4n) is 1.81. The summed E-state index contributed by atoms with van der Waals surface area (Å²) in [6.45, 7) is 2.06. The predicted octanol–water partition coefficient (Wildman–Crippen LogP) is 2.69. The topological polar surface area (TPSA) is 43.1 Å². The lowest BCUT2D eigenvalue weighted by Gasteiger charge is -2.04. The Balaban J connectivity index is 2.32. The minimum atomic E-state index is -0.300. The first kappa shape index (κ1) is 11.4. The number of aryl methyl sites for hydroxylation is 1. The Hall–Kier alpha value is -2.09. The zero-order chi connectivity index (χ0) is 12.3. The minimum absolute atomic E-state index is 0.291. The van der Waals surface area contributed by atoms with Crippen molar-refractivity contribution in [3.05, 3.63) is 59.7 Å². The van der Waals surface area contributed by atoms with Crippen molar-refractivity contribution in [1.82, 2.24) is 0 Å². The second-order valence-electron chi connectivity index (χ2n) is 4.21. The lowest BCUT2D eigenvalue weighted by atomic mass is 10.0. The summed E-state index contributed by atoms with van der Waals surface area (Å²) < 4.78 is 0. The maximum atomic E-state index is 10.9. The molecule has 2 N–H and O–H groups in total. The van der Waals surface area contributed by atoms with Crippen LogP contribution in [0, 0.1) is 6.92 Å². The molecule has 0 saturated carbocycles. The highest BCUT2D eigenvalue weighted by Crippen LogP contribution is 2.21. The Morgan fingerprint density at radius 3 is 2.41 bits per heavy atom. The zero-order valence-corrected chi connectivity index (χ0v) is 9.81. The molecular formula is C15H15NO. The van der Waals surface area contributed by atoms with Crippen LogP contribution in [0.25, 0.3) is 11.1 Å². The molecule has 17 heavy (non-hydrogen) atoms. The van der Waals surface area contributed by atoms with Crippen LogP contribution >= 0.6 is 0 Å². The predicted molar refractivity (Wildman–Crippen MR) is 69.5 cm³/mol. The van der Waals surface area contributed by atoms with Gasteiger partial charge in [-0.3, -0.25) is 4.79 Å². The zero-order valence-electron chi connectivity index (χ0n) is 9.81. The van der Waals surface area contributed by atoms with Crippen LogP contribution in [0.2, 0.25) is 0 Å². The number of nitrogens with two attached hydrogens (primary N) is 1. The van der Waals surface area contributed by atoms with Gasteiger partial charge < -0.3 is 5.73 Å². The molecule has 1 amide bonds. The average Bonchev–Trinajstić information content (AvgIpc) is 2.29. The second kappa shape index (κ2) is 4.83. The van der Waals surface area contributed by atoms with E-state index < -0.39 is 0 Å². The van der Waals surface area contributed by atoms with Gasteiger partial charge in [0.25, 0.3) is 0 Å². The van der Waals surface area contributed by atoms with E-state index in [0.717, 1.165) is 16.7 Å². The number of rotatable bonds is 3. The highest BCUT2D eigenvalue weighted by Gasteiger charge is 2.01. The van der Waals surface area contributed by atoms with Gasteiger partial charge in [-0.1, -0.05) is 54.1 Å². The van der Waals surface area contributed by atoms with Crippen LogP contribution in [0.1, 0.15) is 11.1 Å².